The third-order valence-corrected chi connectivity index (χ3v) is 5.64. The second-order valence-corrected chi connectivity index (χ2v) is 7.40. The Hall–Kier alpha value is -3.42. The molecule has 8 nitrogen and oxygen atoms in total. The van der Waals surface area contributed by atoms with Crippen molar-refractivity contribution in [3.8, 4) is 23.0 Å². The van der Waals surface area contributed by atoms with E-state index in [9.17, 15) is 9.59 Å². The quantitative estimate of drug-likeness (QED) is 0.626. The van der Waals surface area contributed by atoms with E-state index in [1.54, 1.807) is 37.3 Å². The van der Waals surface area contributed by atoms with Gasteiger partial charge in [-0.3, -0.25) is 9.59 Å². The van der Waals surface area contributed by atoms with Crippen LogP contribution in [0, 0.1) is 0 Å². The minimum absolute atomic E-state index is 0.0711. The maximum atomic E-state index is 13.1. The standard InChI is InChI=1S/C24H30N2O6/c1-29-18-10-8-17(16-21(18)32-4)9-11-22(27)25-12-14-26(15-13-25)24(28)23-19(30-2)6-5-7-20(23)31-3/h5-8,10,16H,9,11-15H2,1-4H3. The number of hydrogen-bond donors (Lipinski definition) is 0. The molecule has 0 spiro atoms. The summed E-state index contributed by atoms with van der Waals surface area (Å²) in [6.45, 7) is 1.91. The van der Waals surface area contributed by atoms with E-state index in [0.29, 0.717) is 67.6 Å². The van der Waals surface area contributed by atoms with Crippen LogP contribution in [-0.2, 0) is 11.2 Å². The second-order valence-electron chi connectivity index (χ2n) is 7.40. The molecular formula is C24H30N2O6. The van der Waals surface area contributed by atoms with E-state index in [-0.39, 0.29) is 11.8 Å². The van der Waals surface area contributed by atoms with Crippen molar-refractivity contribution in [1.29, 1.82) is 0 Å². The van der Waals surface area contributed by atoms with E-state index in [2.05, 4.69) is 0 Å². The molecule has 1 heterocycles. The number of rotatable bonds is 8. The molecule has 172 valence electrons. The minimum Gasteiger partial charge on any atom is -0.496 e. The summed E-state index contributed by atoms with van der Waals surface area (Å²) in [5.41, 5.74) is 1.42. The van der Waals surface area contributed by atoms with Crippen LogP contribution in [-0.4, -0.2) is 76.2 Å². The van der Waals surface area contributed by atoms with Gasteiger partial charge in [0.15, 0.2) is 11.5 Å². The van der Waals surface area contributed by atoms with Gasteiger partial charge in [0.2, 0.25) is 5.91 Å². The monoisotopic (exact) mass is 442 g/mol. The number of piperazine rings is 1. The Morgan fingerprint density at radius 2 is 1.31 bits per heavy atom. The summed E-state index contributed by atoms with van der Waals surface area (Å²) >= 11 is 0. The number of carbonyl (C=O) groups is 2. The van der Waals surface area contributed by atoms with E-state index in [1.165, 1.54) is 14.2 Å². The zero-order chi connectivity index (χ0) is 23.1. The van der Waals surface area contributed by atoms with Crippen molar-refractivity contribution in [1.82, 2.24) is 9.80 Å². The molecule has 1 fully saturated rings. The first-order valence-corrected chi connectivity index (χ1v) is 10.5. The molecule has 32 heavy (non-hydrogen) atoms. The molecule has 0 N–H and O–H groups in total. The van der Waals surface area contributed by atoms with E-state index < -0.39 is 0 Å². The molecule has 0 radical (unpaired) electrons. The smallest absolute Gasteiger partial charge is 0.261 e. The number of carbonyl (C=O) groups excluding carboxylic acids is 2. The van der Waals surface area contributed by atoms with Crippen molar-refractivity contribution in [3.05, 3.63) is 47.5 Å². The largest absolute Gasteiger partial charge is 0.496 e. The Morgan fingerprint density at radius 1 is 0.750 bits per heavy atom. The summed E-state index contributed by atoms with van der Waals surface area (Å²) < 4.78 is 21.3. The zero-order valence-electron chi connectivity index (χ0n) is 19.1. The van der Waals surface area contributed by atoms with Crippen LogP contribution in [0.4, 0.5) is 0 Å². The number of ether oxygens (including phenoxy) is 4. The van der Waals surface area contributed by atoms with Crippen molar-refractivity contribution < 1.29 is 28.5 Å². The summed E-state index contributed by atoms with van der Waals surface area (Å²) in [6.07, 6.45) is 1.00. The van der Waals surface area contributed by atoms with Crippen LogP contribution in [0.1, 0.15) is 22.3 Å². The summed E-state index contributed by atoms with van der Waals surface area (Å²) in [5.74, 6) is 2.18. The number of benzene rings is 2. The normalized spacial score (nSPS) is 13.5. The van der Waals surface area contributed by atoms with Gasteiger partial charge in [-0.15, -0.1) is 0 Å². The van der Waals surface area contributed by atoms with Crippen molar-refractivity contribution in [3.63, 3.8) is 0 Å². The highest BCUT2D eigenvalue weighted by Crippen LogP contribution is 2.30. The minimum atomic E-state index is -0.156. The SMILES string of the molecule is COc1ccc(CCC(=O)N2CCN(C(=O)c3c(OC)cccc3OC)CC2)cc1OC. The predicted molar refractivity (Wildman–Crippen MR) is 120 cm³/mol. The van der Waals surface area contributed by atoms with Gasteiger partial charge < -0.3 is 28.7 Å². The predicted octanol–water partition coefficient (Wildman–Crippen LogP) is 2.64. The van der Waals surface area contributed by atoms with Crippen LogP contribution in [0.3, 0.4) is 0 Å². The lowest BCUT2D eigenvalue weighted by Gasteiger charge is -2.35. The number of amides is 2. The molecule has 1 saturated heterocycles. The van der Waals surface area contributed by atoms with Crippen molar-refractivity contribution in [2.24, 2.45) is 0 Å². The van der Waals surface area contributed by atoms with Crippen molar-refractivity contribution >= 4 is 11.8 Å². The Balaban J connectivity index is 1.57. The molecule has 0 bridgehead atoms. The topological polar surface area (TPSA) is 77.5 Å². The fourth-order valence-electron chi connectivity index (χ4n) is 3.82. The Bertz CT molecular complexity index is 931. The van der Waals surface area contributed by atoms with E-state index in [1.807, 2.05) is 23.1 Å². The third-order valence-electron chi connectivity index (χ3n) is 5.64. The van der Waals surface area contributed by atoms with E-state index in [0.717, 1.165) is 5.56 Å². The molecule has 0 aliphatic carbocycles. The van der Waals surface area contributed by atoms with E-state index >= 15 is 0 Å². The number of hydrogen-bond acceptors (Lipinski definition) is 6. The van der Waals surface area contributed by atoms with Crippen LogP contribution in [0.25, 0.3) is 0 Å². The average molecular weight is 443 g/mol. The van der Waals surface area contributed by atoms with Crippen LogP contribution in [0.5, 0.6) is 23.0 Å². The molecule has 3 rings (SSSR count). The van der Waals surface area contributed by atoms with Crippen LogP contribution in [0.15, 0.2) is 36.4 Å². The summed E-state index contributed by atoms with van der Waals surface area (Å²) in [5, 5.41) is 0. The van der Waals surface area contributed by atoms with Gasteiger partial charge in [-0.1, -0.05) is 12.1 Å². The first kappa shape index (κ1) is 23.2. The Labute approximate surface area is 188 Å². The molecule has 0 saturated carbocycles. The Morgan fingerprint density at radius 3 is 1.88 bits per heavy atom. The maximum Gasteiger partial charge on any atom is 0.261 e. The first-order valence-electron chi connectivity index (χ1n) is 10.5. The molecule has 0 atom stereocenters. The maximum absolute atomic E-state index is 13.1. The molecule has 2 aromatic carbocycles. The van der Waals surface area contributed by atoms with Gasteiger partial charge in [0.05, 0.1) is 28.4 Å². The Kier molecular flexibility index (Phi) is 7.81. The van der Waals surface area contributed by atoms with E-state index in [4.69, 9.17) is 18.9 Å². The highest BCUT2D eigenvalue weighted by atomic mass is 16.5. The van der Waals surface area contributed by atoms with Crippen LogP contribution < -0.4 is 18.9 Å². The van der Waals surface area contributed by atoms with Crippen molar-refractivity contribution in [2.45, 2.75) is 12.8 Å². The lowest BCUT2D eigenvalue weighted by molar-refractivity contribution is -0.132. The summed E-state index contributed by atoms with van der Waals surface area (Å²) in [4.78, 5) is 29.4. The van der Waals surface area contributed by atoms with Gasteiger partial charge >= 0.3 is 0 Å². The first-order chi connectivity index (χ1) is 15.5. The summed E-state index contributed by atoms with van der Waals surface area (Å²) in [6, 6.07) is 10.9. The van der Waals surface area contributed by atoms with Gasteiger partial charge in [0, 0.05) is 32.6 Å². The third kappa shape index (κ3) is 5.07. The molecule has 1 aliphatic rings. The molecule has 2 amide bonds. The van der Waals surface area contributed by atoms with Crippen molar-refractivity contribution in [2.75, 3.05) is 54.6 Å². The molecule has 0 unspecified atom stereocenters. The van der Waals surface area contributed by atoms with Gasteiger partial charge in [-0.05, 0) is 36.2 Å². The highest BCUT2D eigenvalue weighted by Gasteiger charge is 2.28. The van der Waals surface area contributed by atoms with Gasteiger partial charge in [0.1, 0.15) is 17.1 Å². The number of methoxy groups -OCH3 is 4. The zero-order valence-corrected chi connectivity index (χ0v) is 19.1. The fourth-order valence-corrected chi connectivity index (χ4v) is 3.82. The van der Waals surface area contributed by atoms with Gasteiger partial charge in [-0.2, -0.15) is 0 Å². The highest BCUT2D eigenvalue weighted by molar-refractivity contribution is 6.00. The molecule has 0 aromatic heterocycles. The molecule has 2 aromatic rings. The number of aryl methyl sites for hydroxylation is 1. The fraction of sp³-hybridized carbons (Fsp3) is 0.417. The molecular weight excluding hydrogens is 412 g/mol. The average Bonchev–Trinajstić information content (AvgIpc) is 2.86. The lowest BCUT2D eigenvalue weighted by Crippen LogP contribution is -2.50. The molecule has 8 heteroatoms. The van der Waals surface area contributed by atoms with Gasteiger partial charge in [0.25, 0.3) is 5.91 Å². The lowest BCUT2D eigenvalue weighted by atomic mass is 10.1. The second kappa shape index (κ2) is 10.7. The van der Waals surface area contributed by atoms with Crippen LogP contribution >= 0.6 is 0 Å². The van der Waals surface area contributed by atoms with Crippen LogP contribution in [0.2, 0.25) is 0 Å². The number of nitrogens with zero attached hydrogens (tertiary/aromatic N) is 2. The summed E-state index contributed by atoms with van der Waals surface area (Å²) in [7, 11) is 6.24. The molecule has 1 aliphatic heterocycles. The van der Waals surface area contributed by atoms with Gasteiger partial charge in [-0.25, -0.2) is 0 Å².